The Bertz CT molecular complexity index is 425. The molecule has 0 saturated carbocycles. The van der Waals surface area contributed by atoms with E-state index in [0.29, 0.717) is 0 Å². The molecule has 2 nitrogen and oxygen atoms in total. The van der Waals surface area contributed by atoms with Gasteiger partial charge in [0.05, 0.1) is 0 Å². The Morgan fingerprint density at radius 3 is 2.67 bits per heavy atom. The van der Waals surface area contributed by atoms with Crippen LogP contribution in [-0.4, -0.2) is 25.0 Å². The summed E-state index contributed by atoms with van der Waals surface area (Å²) in [6, 6.07) is 14.9. The van der Waals surface area contributed by atoms with Crippen LogP contribution in [0.15, 0.2) is 47.8 Å². The molecule has 0 aliphatic heterocycles. The minimum absolute atomic E-state index is 0.983. The van der Waals surface area contributed by atoms with Gasteiger partial charge in [-0.15, -0.1) is 11.3 Å². The largest absolute Gasteiger partial charge is 0.311 e. The van der Waals surface area contributed by atoms with E-state index in [1.165, 1.54) is 10.4 Å². The molecule has 0 aliphatic carbocycles. The Balaban J connectivity index is 1.62. The van der Waals surface area contributed by atoms with E-state index in [2.05, 4.69) is 65.1 Å². The van der Waals surface area contributed by atoms with E-state index >= 15 is 0 Å². The van der Waals surface area contributed by atoms with Crippen molar-refractivity contribution in [1.82, 2.24) is 10.2 Å². The molecule has 96 valence electrons. The van der Waals surface area contributed by atoms with Crippen LogP contribution in [0.5, 0.6) is 0 Å². The third kappa shape index (κ3) is 4.61. The summed E-state index contributed by atoms with van der Waals surface area (Å²) in [5.74, 6) is 0. The lowest BCUT2D eigenvalue weighted by Crippen LogP contribution is -2.28. The molecule has 1 N–H and O–H groups in total. The number of thiophene rings is 1. The summed E-state index contributed by atoms with van der Waals surface area (Å²) in [6.07, 6.45) is 0. The fraction of sp³-hybridized carbons (Fsp3) is 0.333. The van der Waals surface area contributed by atoms with Gasteiger partial charge in [-0.05, 0) is 24.1 Å². The predicted octanol–water partition coefficient (Wildman–Crippen LogP) is 2.97. The van der Waals surface area contributed by atoms with E-state index in [9.17, 15) is 0 Å². The van der Waals surface area contributed by atoms with Crippen LogP contribution in [0, 0.1) is 0 Å². The molecule has 0 atom stereocenters. The quantitative estimate of drug-likeness (QED) is 0.770. The van der Waals surface area contributed by atoms with Crippen LogP contribution in [0.2, 0.25) is 0 Å². The van der Waals surface area contributed by atoms with Gasteiger partial charge >= 0.3 is 0 Å². The topological polar surface area (TPSA) is 15.3 Å². The van der Waals surface area contributed by atoms with Gasteiger partial charge in [-0.3, -0.25) is 0 Å². The van der Waals surface area contributed by atoms with Crippen molar-refractivity contribution in [2.45, 2.75) is 13.1 Å². The lowest BCUT2D eigenvalue weighted by Gasteiger charge is -2.16. The van der Waals surface area contributed by atoms with Crippen LogP contribution in [0.4, 0.5) is 0 Å². The van der Waals surface area contributed by atoms with E-state index < -0.39 is 0 Å². The zero-order chi connectivity index (χ0) is 12.6. The number of benzene rings is 1. The number of nitrogens with zero attached hydrogens (tertiary/aromatic N) is 1. The Labute approximate surface area is 113 Å². The molecular formula is C15H20N2S. The SMILES string of the molecule is CN(CCNCc1cccs1)Cc1ccccc1. The van der Waals surface area contributed by atoms with E-state index in [0.717, 1.165) is 26.2 Å². The van der Waals surface area contributed by atoms with Crippen LogP contribution in [0.1, 0.15) is 10.4 Å². The Kier molecular flexibility index (Phi) is 5.39. The highest BCUT2D eigenvalue weighted by molar-refractivity contribution is 7.09. The van der Waals surface area contributed by atoms with Crippen LogP contribution < -0.4 is 5.32 Å². The maximum Gasteiger partial charge on any atom is 0.0300 e. The van der Waals surface area contributed by atoms with Crippen LogP contribution in [0.25, 0.3) is 0 Å². The monoisotopic (exact) mass is 260 g/mol. The summed E-state index contributed by atoms with van der Waals surface area (Å²) < 4.78 is 0. The van der Waals surface area contributed by atoms with E-state index in [4.69, 9.17) is 0 Å². The Hall–Kier alpha value is -1.16. The second-order valence-corrected chi connectivity index (χ2v) is 5.51. The zero-order valence-corrected chi connectivity index (χ0v) is 11.6. The first-order valence-electron chi connectivity index (χ1n) is 6.30. The zero-order valence-electron chi connectivity index (χ0n) is 10.8. The minimum Gasteiger partial charge on any atom is -0.311 e. The molecule has 1 heterocycles. The standard InChI is InChI=1S/C15H20N2S/c1-17(13-14-6-3-2-4-7-14)10-9-16-12-15-8-5-11-18-15/h2-8,11,16H,9-10,12-13H2,1H3. The number of hydrogen-bond donors (Lipinski definition) is 1. The van der Waals surface area contributed by atoms with Gasteiger partial charge in [0, 0.05) is 31.1 Å². The molecule has 0 bridgehead atoms. The number of rotatable bonds is 7. The maximum atomic E-state index is 3.47. The van der Waals surface area contributed by atoms with Gasteiger partial charge in [0.1, 0.15) is 0 Å². The molecule has 2 rings (SSSR count). The molecule has 3 heteroatoms. The lowest BCUT2D eigenvalue weighted by atomic mass is 10.2. The molecule has 0 radical (unpaired) electrons. The summed E-state index contributed by atoms with van der Waals surface area (Å²) >= 11 is 1.81. The Morgan fingerprint density at radius 2 is 1.94 bits per heavy atom. The van der Waals surface area contributed by atoms with Crippen LogP contribution >= 0.6 is 11.3 Å². The molecule has 0 unspecified atom stereocenters. The fourth-order valence-corrected chi connectivity index (χ4v) is 2.54. The summed E-state index contributed by atoms with van der Waals surface area (Å²) in [6.45, 7) is 4.10. The molecule has 0 aliphatic rings. The minimum atomic E-state index is 0.983. The van der Waals surface area contributed by atoms with E-state index in [1.54, 1.807) is 0 Å². The summed E-state index contributed by atoms with van der Waals surface area (Å²) in [5.41, 5.74) is 1.37. The van der Waals surface area contributed by atoms with Crippen molar-refractivity contribution in [2.75, 3.05) is 20.1 Å². The number of likely N-dealkylation sites (N-methyl/N-ethyl adjacent to an activating group) is 1. The molecule has 0 spiro atoms. The van der Waals surface area contributed by atoms with Gasteiger partial charge in [0.2, 0.25) is 0 Å². The predicted molar refractivity (Wildman–Crippen MR) is 78.8 cm³/mol. The van der Waals surface area contributed by atoms with Gasteiger partial charge in [-0.2, -0.15) is 0 Å². The molecule has 0 amide bonds. The molecule has 0 fully saturated rings. The first-order chi connectivity index (χ1) is 8.84. The van der Waals surface area contributed by atoms with E-state index in [-0.39, 0.29) is 0 Å². The number of nitrogens with one attached hydrogen (secondary N) is 1. The van der Waals surface area contributed by atoms with Crippen LogP contribution in [-0.2, 0) is 13.1 Å². The molecule has 18 heavy (non-hydrogen) atoms. The molecule has 2 aromatic rings. The molecule has 1 aromatic heterocycles. The van der Waals surface area contributed by atoms with Crippen molar-refractivity contribution < 1.29 is 0 Å². The fourth-order valence-electron chi connectivity index (χ4n) is 1.87. The Morgan fingerprint density at radius 1 is 1.11 bits per heavy atom. The average Bonchev–Trinajstić information content (AvgIpc) is 2.89. The van der Waals surface area contributed by atoms with Gasteiger partial charge < -0.3 is 10.2 Å². The highest BCUT2D eigenvalue weighted by atomic mass is 32.1. The summed E-state index contributed by atoms with van der Waals surface area (Å²) in [5, 5.41) is 5.60. The first kappa shape index (κ1) is 13.3. The van der Waals surface area contributed by atoms with Crippen molar-refractivity contribution in [3.8, 4) is 0 Å². The summed E-state index contributed by atoms with van der Waals surface area (Å²) in [7, 11) is 2.17. The highest BCUT2D eigenvalue weighted by Gasteiger charge is 1.99. The maximum absolute atomic E-state index is 3.47. The molecule has 1 aromatic carbocycles. The highest BCUT2D eigenvalue weighted by Crippen LogP contribution is 2.07. The van der Waals surface area contributed by atoms with Gasteiger partial charge in [0.25, 0.3) is 0 Å². The second kappa shape index (κ2) is 7.31. The van der Waals surface area contributed by atoms with Gasteiger partial charge in [-0.25, -0.2) is 0 Å². The normalized spacial score (nSPS) is 11.0. The average molecular weight is 260 g/mol. The van der Waals surface area contributed by atoms with Crippen molar-refractivity contribution in [3.05, 3.63) is 58.3 Å². The van der Waals surface area contributed by atoms with Crippen molar-refractivity contribution >= 4 is 11.3 Å². The second-order valence-electron chi connectivity index (χ2n) is 4.48. The third-order valence-electron chi connectivity index (χ3n) is 2.84. The lowest BCUT2D eigenvalue weighted by molar-refractivity contribution is 0.324. The van der Waals surface area contributed by atoms with Crippen molar-refractivity contribution in [3.63, 3.8) is 0 Å². The van der Waals surface area contributed by atoms with Gasteiger partial charge in [-0.1, -0.05) is 36.4 Å². The third-order valence-corrected chi connectivity index (χ3v) is 3.72. The van der Waals surface area contributed by atoms with Crippen molar-refractivity contribution in [1.29, 1.82) is 0 Å². The van der Waals surface area contributed by atoms with E-state index in [1.807, 2.05) is 11.3 Å². The summed E-state index contributed by atoms with van der Waals surface area (Å²) in [4.78, 5) is 3.75. The first-order valence-corrected chi connectivity index (χ1v) is 7.18. The smallest absolute Gasteiger partial charge is 0.0300 e. The van der Waals surface area contributed by atoms with Gasteiger partial charge in [0.15, 0.2) is 0 Å². The number of hydrogen-bond acceptors (Lipinski definition) is 3. The molecule has 0 saturated heterocycles. The molecular weight excluding hydrogens is 240 g/mol. The van der Waals surface area contributed by atoms with Crippen LogP contribution in [0.3, 0.4) is 0 Å². The van der Waals surface area contributed by atoms with Crippen molar-refractivity contribution in [2.24, 2.45) is 0 Å².